The maximum Gasteiger partial charge on any atom is 0.264 e. The Labute approximate surface area is 81.1 Å². The van der Waals surface area contributed by atoms with Crippen LogP contribution < -0.4 is 0 Å². The molecular weight excluding hydrogens is 282 g/mol. The van der Waals surface area contributed by atoms with Gasteiger partial charge >= 0.3 is 0 Å². The molecule has 0 aliphatic heterocycles. The number of rotatable bonds is 2. The first-order chi connectivity index (χ1) is 5.66. The van der Waals surface area contributed by atoms with Crippen molar-refractivity contribution in [2.24, 2.45) is 0 Å². The van der Waals surface area contributed by atoms with Crippen molar-refractivity contribution >= 4 is 22.6 Å². The molecule has 1 aromatic heterocycles. The Kier molecular flexibility index (Phi) is 3.30. The lowest BCUT2D eigenvalue weighted by atomic mass is 10.2. The Morgan fingerprint density at radius 3 is 2.58 bits per heavy atom. The van der Waals surface area contributed by atoms with Gasteiger partial charge < -0.3 is 0 Å². The second-order valence-electron chi connectivity index (χ2n) is 2.10. The Morgan fingerprint density at radius 2 is 2.17 bits per heavy atom. The van der Waals surface area contributed by atoms with Crippen LogP contribution in [0.25, 0.3) is 0 Å². The zero-order valence-electron chi connectivity index (χ0n) is 5.90. The summed E-state index contributed by atoms with van der Waals surface area (Å²) in [7, 11) is 0. The minimum Gasteiger partial charge on any atom is -0.250 e. The second kappa shape index (κ2) is 4.06. The van der Waals surface area contributed by atoms with Crippen molar-refractivity contribution in [1.82, 2.24) is 4.98 Å². The van der Waals surface area contributed by atoms with Gasteiger partial charge in [0, 0.05) is 17.3 Å². The van der Waals surface area contributed by atoms with E-state index in [0.29, 0.717) is 3.70 Å². The third kappa shape index (κ3) is 1.88. The van der Waals surface area contributed by atoms with Gasteiger partial charge in [-0.1, -0.05) is 0 Å². The van der Waals surface area contributed by atoms with Gasteiger partial charge in [0.25, 0.3) is 6.43 Å². The first-order valence-corrected chi connectivity index (χ1v) is 4.22. The van der Waals surface area contributed by atoms with Crippen molar-refractivity contribution in [3.63, 3.8) is 0 Å². The van der Waals surface area contributed by atoms with Crippen molar-refractivity contribution in [2.75, 3.05) is 0 Å². The van der Waals surface area contributed by atoms with Gasteiger partial charge in [-0.15, -0.1) is 0 Å². The lowest BCUT2D eigenvalue weighted by Gasteiger charge is -2.05. The first kappa shape index (κ1) is 9.76. The Balaban J connectivity index is 3.18. The molecule has 0 spiro atoms. The van der Waals surface area contributed by atoms with E-state index in [0.717, 1.165) is 6.07 Å². The average Bonchev–Trinajstić information content (AvgIpc) is 2.03. The summed E-state index contributed by atoms with van der Waals surface area (Å²) in [5, 5.41) is 0. The van der Waals surface area contributed by atoms with E-state index < -0.39 is 13.1 Å². The Morgan fingerprint density at radius 1 is 1.50 bits per heavy atom. The highest BCUT2D eigenvalue weighted by molar-refractivity contribution is 14.1. The van der Waals surface area contributed by atoms with Crippen molar-refractivity contribution < 1.29 is 13.2 Å². The molecule has 0 fully saturated rings. The predicted octanol–water partition coefficient (Wildman–Crippen LogP) is 3.09. The summed E-state index contributed by atoms with van der Waals surface area (Å²) in [6, 6.07) is 1.14. The van der Waals surface area contributed by atoms with Gasteiger partial charge in [-0.2, -0.15) is 0 Å². The number of aromatic nitrogens is 1. The number of halogens is 4. The third-order valence-corrected chi connectivity index (χ3v) is 2.34. The van der Waals surface area contributed by atoms with Crippen LogP contribution in [0.1, 0.15) is 17.6 Å². The lowest BCUT2D eigenvalue weighted by Crippen LogP contribution is -1.97. The molecule has 1 rings (SSSR count). The maximum absolute atomic E-state index is 12.2. The zero-order chi connectivity index (χ0) is 9.14. The van der Waals surface area contributed by atoms with Crippen LogP contribution in [-0.2, 0) is 6.67 Å². The molecule has 0 radical (unpaired) electrons. The smallest absolute Gasteiger partial charge is 0.250 e. The topological polar surface area (TPSA) is 12.9 Å². The second-order valence-corrected chi connectivity index (χ2v) is 3.13. The van der Waals surface area contributed by atoms with Crippen molar-refractivity contribution in [2.45, 2.75) is 13.1 Å². The Bertz CT molecular complexity index is 277. The monoisotopic (exact) mass is 287 g/mol. The van der Waals surface area contributed by atoms with E-state index in [-0.39, 0.29) is 11.1 Å². The molecule has 5 heteroatoms. The van der Waals surface area contributed by atoms with Crippen LogP contribution in [0.5, 0.6) is 0 Å². The molecule has 0 saturated carbocycles. The number of nitrogens with zero attached hydrogens (tertiary/aromatic N) is 1. The van der Waals surface area contributed by atoms with E-state index in [1.54, 1.807) is 22.6 Å². The molecule has 1 heterocycles. The molecule has 0 bridgehead atoms. The highest BCUT2D eigenvalue weighted by Crippen LogP contribution is 2.25. The van der Waals surface area contributed by atoms with Crippen LogP contribution in [0.15, 0.2) is 12.3 Å². The summed E-state index contributed by atoms with van der Waals surface area (Å²) >= 11 is 1.73. The fourth-order valence-corrected chi connectivity index (χ4v) is 1.43. The summed E-state index contributed by atoms with van der Waals surface area (Å²) in [4.78, 5) is 3.71. The fraction of sp³-hybridized carbons (Fsp3) is 0.286. The van der Waals surface area contributed by atoms with E-state index in [9.17, 15) is 13.2 Å². The Hall–Kier alpha value is -0.330. The van der Waals surface area contributed by atoms with E-state index in [1.165, 1.54) is 6.20 Å². The maximum atomic E-state index is 12.2. The summed E-state index contributed by atoms with van der Waals surface area (Å²) in [6.07, 6.45) is -1.38. The molecule has 1 aromatic rings. The summed E-state index contributed by atoms with van der Waals surface area (Å²) < 4.78 is 36.9. The van der Waals surface area contributed by atoms with Gasteiger partial charge in [0.15, 0.2) is 0 Å². The molecule has 0 saturated heterocycles. The van der Waals surface area contributed by atoms with Crippen molar-refractivity contribution in [3.05, 3.63) is 27.1 Å². The van der Waals surface area contributed by atoms with Crippen LogP contribution in [0.3, 0.4) is 0 Å². The number of alkyl halides is 3. The highest BCUT2D eigenvalue weighted by Gasteiger charge is 2.15. The minimum absolute atomic E-state index is 0.00639. The van der Waals surface area contributed by atoms with Gasteiger partial charge in [-0.05, 0) is 28.7 Å². The van der Waals surface area contributed by atoms with Crippen molar-refractivity contribution in [3.8, 4) is 0 Å². The largest absolute Gasteiger partial charge is 0.264 e. The van der Waals surface area contributed by atoms with Gasteiger partial charge in [0.05, 0.1) is 0 Å². The van der Waals surface area contributed by atoms with E-state index in [2.05, 4.69) is 4.98 Å². The fourth-order valence-electron chi connectivity index (χ4n) is 0.817. The quantitative estimate of drug-likeness (QED) is 0.601. The van der Waals surface area contributed by atoms with Gasteiger partial charge in [-0.3, -0.25) is 0 Å². The first-order valence-electron chi connectivity index (χ1n) is 3.14. The van der Waals surface area contributed by atoms with Crippen LogP contribution >= 0.6 is 22.6 Å². The van der Waals surface area contributed by atoms with E-state index >= 15 is 0 Å². The molecule has 1 nitrogen and oxygen atoms in total. The third-order valence-electron chi connectivity index (χ3n) is 1.41. The van der Waals surface area contributed by atoms with Crippen molar-refractivity contribution in [1.29, 1.82) is 0 Å². The average molecular weight is 287 g/mol. The summed E-state index contributed by atoms with van der Waals surface area (Å²) in [6.45, 7) is -0.897. The summed E-state index contributed by atoms with van der Waals surface area (Å²) in [5.74, 6) is 0. The molecule has 0 atom stereocenters. The van der Waals surface area contributed by atoms with E-state index in [1.807, 2.05) is 0 Å². The molecule has 0 aliphatic rings. The highest BCUT2D eigenvalue weighted by atomic mass is 127. The summed E-state index contributed by atoms with van der Waals surface area (Å²) in [5.41, 5.74) is -0.273. The lowest BCUT2D eigenvalue weighted by molar-refractivity contribution is 0.149. The SMILES string of the molecule is FCc1c(C(F)F)ccnc1I. The molecule has 0 aromatic carbocycles. The van der Waals surface area contributed by atoms with Crippen LogP contribution in [0, 0.1) is 3.70 Å². The molecule has 12 heavy (non-hydrogen) atoms. The molecular formula is C7H5F3IN. The van der Waals surface area contributed by atoms with Crippen LogP contribution in [0.4, 0.5) is 13.2 Å². The molecule has 66 valence electrons. The number of hydrogen-bond acceptors (Lipinski definition) is 1. The standard InChI is InChI=1S/C7H5F3IN/c8-3-5-4(6(9)10)1-2-12-7(5)11/h1-2,6H,3H2. The molecule has 0 aliphatic carbocycles. The number of hydrogen-bond donors (Lipinski definition) is 0. The zero-order valence-corrected chi connectivity index (χ0v) is 8.06. The van der Waals surface area contributed by atoms with E-state index in [4.69, 9.17) is 0 Å². The van der Waals surface area contributed by atoms with Gasteiger partial charge in [0.2, 0.25) is 0 Å². The predicted molar refractivity (Wildman–Crippen MR) is 46.7 cm³/mol. The normalized spacial score (nSPS) is 10.8. The number of pyridine rings is 1. The molecule has 0 N–H and O–H groups in total. The molecule has 0 unspecified atom stereocenters. The van der Waals surface area contributed by atoms with Crippen LogP contribution in [0.2, 0.25) is 0 Å². The van der Waals surface area contributed by atoms with Gasteiger partial charge in [0.1, 0.15) is 10.4 Å². The van der Waals surface area contributed by atoms with Crippen LogP contribution in [-0.4, -0.2) is 4.98 Å². The minimum atomic E-state index is -2.63. The molecule has 0 amide bonds. The van der Waals surface area contributed by atoms with Gasteiger partial charge in [-0.25, -0.2) is 18.2 Å².